The first-order valence-electron chi connectivity index (χ1n) is 8.21. The summed E-state index contributed by atoms with van der Waals surface area (Å²) in [5.41, 5.74) is 0.750. The van der Waals surface area contributed by atoms with Crippen molar-refractivity contribution in [3.63, 3.8) is 0 Å². The number of halogens is 1. The van der Waals surface area contributed by atoms with Crippen molar-refractivity contribution in [2.24, 2.45) is 0 Å². The third kappa shape index (κ3) is 4.41. The largest absolute Gasteiger partial charge is 0.337 e. The van der Waals surface area contributed by atoms with Gasteiger partial charge in [0, 0.05) is 34.8 Å². The van der Waals surface area contributed by atoms with Gasteiger partial charge >= 0.3 is 0 Å². The normalized spacial score (nSPS) is 10.5. The average molecular weight is 399 g/mol. The first-order chi connectivity index (χ1) is 13.5. The van der Waals surface area contributed by atoms with Gasteiger partial charge in [-0.2, -0.15) is 4.98 Å². The minimum atomic E-state index is -0.551. The third-order valence-electron chi connectivity index (χ3n) is 3.84. The van der Waals surface area contributed by atoms with Crippen molar-refractivity contribution in [1.29, 1.82) is 0 Å². The molecule has 9 heteroatoms. The Morgan fingerprint density at radius 2 is 2.04 bits per heavy atom. The minimum absolute atomic E-state index is 0.0358. The van der Waals surface area contributed by atoms with Crippen LogP contribution in [0.3, 0.4) is 0 Å². The number of hydrogen-bond acceptors (Lipinski definition) is 6. The molecule has 3 aromatic rings. The summed E-state index contributed by atoms with van der Waals surface area (Å²) >= 11 is 5.87. The molecule has 0 bridgehead atoms. The number of carbonyl (C=O) groups excluding carboxylic acids is 1. The fourth-order valence-corrected chi connectivity index (χ4v) is 2.63. The highest BCUT2D eigenvalue weighted by Gasteiger charge is 2.20. The molecule has 0 fully saturated rings. The van der Waals surface area contributed by atoms with Gasteiger partial charge in [-0.25, -0.2) is 0 Å². The fourth-order valence-electron chi connectivity index (χ4n) is 2.51. The second-order valence-corrected chi connectivity index (χ2v) is 6.24. The van der Waals surface area contributed by atoms with Crippen LogP contribution in [-0.4, -0.2) is 32.4 Å². The zero-order chi connectivity index (χ0) is 20.1. The van der Waals surface area contributed by atoms with E-state index in [4.69, 9.17) is 16.1 Å². The highest BCUT2D eigenvalue weighted by molar-refractivity contribution is 6.30. The Hall–Kier alpha value is -3.52. The second-order valence-electron chi connectivity index (χ2n) is 5.80. The maximum absolute atomic E-state index is 12.8. The van der Waals surface area contributed by atoms with Gasteiger partial charge in [0.25, 0.3) is 11.6 Å². The fraction of sp³-hybridized carbons (Fsp3) is 0.105. The molecule has 1 aromatic heterocycles. The summed E-state index contributed by atoms with van der Waals surface area (Å²) in [6.07, 6.45) is 1.55. The summed E-state index contributed by atoms with van der Waals surface area (Å²) in [6.45, 7) is 3.89. The van der Waals surface area contributed by atoms with E-state index >= 15 is 0 Å². The van der Waals surface area contributed by atoms with Gasteiger partial charge in [0.15, 0.2) is 0 Å². The predicted molar refractivity (Wildman–Crippen MR) is 103 cm³/mol. The van der Waals surface area contributed by atoms with Crippen molar-refractivity contribution in [3.05, 3.63) is 87.8 Å². The van der Waals surface area contributed by atoms with E-state index < -0.39 is 10.8 Å². The van der Waals surface area contributed by atoms with E-state index in [-0.39, 0.29) is 30.2 Å². The minimum Gasteiger partial charge on any atom is -0.337 e. The van der Waals surface area contributed by atoms with E-state index in [0.717, 1.165) is 5.56 Å². The van der Waals surface area contributed by atoms with Crippen molar-refractivity contribution in [2.45, 2.75) is 6.54 Å². The van der Waals surface area contributed by atoms with Crippen LogP contribution in [0.15, 0.2) is 65.7 Å². The standard InChI is InChI=1S/C19H15ClN4O4/c1-2-10-23(19(25)14-4-3-5-16(11-14)24(26)27)12-17-21-18(22-28-17)13-6-8-15(20)9-7-13/h2-9,11H,1,10,12H2. The van der Waals surface area contributed by atoms with Gasteiger partial charge in [-0.05, 0) is 30.3 Å². The molecular weight excluding hydrogens is 384 g/mol. The molecule has 8 nitrogen and oxygen atoms in total. The summed E-state index contributed by atoms with van der Waals surface area (Å²) in [6, 6.07) is 12.5. The molecule has 2 aromatic carbocycles. The number of hydrogen-bond donors (Lipinski definition) is 0. The average Bonchev–Trinajstić information content (AvgIpc) is 3.16. The molecule has 0 radical (unpaired) electrons. The lowest BCUT2D eigenvalue weighted by atomic mass is 10.1. The Labute approximate surface area is 165 Å². The Bertz CT molecular complexity index is 1020. The maximum Gasteiger partial charge on any atom is 0.270 e. The lowest BCUT2D eigenvalue weighted by molar-refractivity contribution is -0.384. The maximum atomic E-state index is 12.8. The van der Waals surface area contributed by atoms with Crippen molar-refractivity contribution in [1.82, 2.24) is 15.0 Å². The lowest BCUT2D eigenvalue weighted by Gasteiger charge is -2.19. The van der Waals surface area contributed by atoms with Gasteiger partial charge in [-0.3, -0.25) is 14.9 Å². The lowest BCUT2D eigenvalue weighted by Crippen LogP contribution is -2.30. The summed E-state index contributed by atoms with van der Waals surface area (Å²) in [5, 5.41) is 15.5. The highest BCUT2D eigenvalue weighted by Crippen LogP contribution is 2.20. The van der Waals surface area contributed by atoms with Crippen LogP contribution in [0, 0.1) is 10.1 Å². The van der Waals surface area contributed by atoms with Crippen LogP contribution in [0.5, 0.6) is 0 Å². The number of rotatable bonds is 7. The number of nitro benzene ring substituents is 1. The van der Waals surface area contributed by atoms with E-state index in [1.165, 1.54) is 29.2 Å². The first-order valence-corrected chi connectivity index (χ1v) is 8.59. The molecular formula is C19H15ClN4O4. The molecule has 0 atom stereocenters. The van der Waals surface area contributed by atoms with E-state index in [9.17, 15) is 14.9 Å². The first kappa shape index (κ1) is 19.2. The molecule has 0 spiro atoms. The van der Waals surface area contributed by atoms with Gasteiger partial charge < -0.3 is 9.42 Å². The number of amides is 1. The molecule has 0 aliphatic rings. The second kappa shape index (κ2) is 8.45. The van der Waals surface area contributed by atoms with Crippen molar-refractivity contribution in [3.8, 4) is 11.4 Å². The Balaban J connectivity index is 1.80. The van der Waals surface area contributed by atoms with Crippen LogP contribution in [0.1, 0.15) is 16.2 Å². The Morgan fingerprint density at radius 1 is 1.29 bits per heavy atom. The van der Waals surface area contributed by atoms with Crippen LogP contribution in [0.2, 0.25) is 5.02 Å². The van der Waals surface area contributed by atoms with Crippen LogP contribution >= 0.6 is 11.6 Å². The number of aromatic nitrogens is 2. The number of nitrogens with zero attached hydrogens (tertiary/aromatic N) is 4. The number of nitro groups is 1. The molecule has 0 aliphatic heterocycles. The Kier molecular flexibility index (Phi) is 5.81. The number of benzene rings is 2. The molecule has 0 unspecified atom stereocenters. The van der Waals surface area contributed by atoms with Crippen molar-refractivity contribution < 1.29 is 14.2 Å². The van der Waals surface area contributed by atoms with Crippen molar-refractivity contribution in [2.75, 3.05) is 6.54 Å². The molecule has 0 saturated carbocycles. The predicted octanol–water partition coefficient (Wildman–Crippen LogP) is 4.13. The zero-order valence-electron chi connectivity index (χ0n) is 14.6. The summed E-state index contributed by atoms with van der Waals surface area (Å²) in [4.78, 5) is 28.9. The van der Waals surface area contributed by atoms with E-state index in [1.54, 1.807) is 30.3 Å². The molecule has 3 rings (SSSR count). The molecule has 1 heterocycles. The Morgan fingerprint density at radius 3 is 2.71 bits per heavy atom. The van der Waals surface area contributed by atoms with Crippen molar-refractivity contribution >= 4 is 23.2 Å². The van der Waals surface area contributed by atoms with E-state index in [1.807, 2.05) is 0 Å². The SMILES string of the molecule is C=CCN(Cc1nc(-c2ccc(Cl)cc2)no1)C(=O)c1cccc([N+](=O)[O-])c1. The monoisotopic (exact) mass is 398 g/mol. The topological polar surface area (TPSA) is 102 Å². The third-order valence-corrected chi connectivity index (χ3v) is 4.09. The number of non-ortho nitro benzene ring substituents is 1. The van der Waals surface area contributed by atoms with E-state index in [0.29, 0.717) is 10.8 Å². The highest BCUT2D eigenvalue weighted by atomic mass is 35.5. The number of carbonyl (C=O) groups is 1. The van der Waals surface area contributed by atoms with Gasteiger partial charge in [0.2, 0.25) is 11.7 Å². The van der Waals surface area contributed by atoms with Crippen LogP contribution in [0.25, 0.3) is 11.4 Å². The molecule has 1 amide bonds. The van der Waals surface area contributed by atoms with Crippen LogP contribution in [-0.2, 0) is 6.54 Å². The molecule has 142 valence electrons. The molecule has 0 N–H and O–H groups in total. The quantitative estimate of drug-likeness (QED) is 0.337. The summed E-state index contributed by atoms with van der Waals surface area (Å²) < 4.78 is 5.24. The van der Waals surface area contributed by atoms with E-state index in [2.05, 4.69) is 16.7 Å². The van der Waals surface area contributed by atoms with Crippen LogP contribution < -0.4 is 0 Å². The van der Waals surface area contributed by atoms with Crippen LogP contribution in [0.4, 0.5) is 5.69 Å². The van der Waals surface area contributed by atoms with Gasteiger partial charge in [-0.15, -0.1) is 6.58 Å². The van der Waals surface area contributed by atoms with Gasteiger partial charge in [-0.1, -0.05) is 28.9 Å². The molecule has 0 saturated heterocycles. The summed E-state index contributed by atoms with van der Waals surface area (Å²) in [5.74, 6) is 0.188. The molecule has 0 aliphatic carbocycles. The molecule has 28 heavy (non-hydrogen) atoms. The van der Waals surface area contributed by atoms with Gasteiger partial charge in [0.05, 0.1) is 4.92 Å². The van der Waals surface area contributed by atoms with Gasteiger partial charge in [0.1, 0.15) is 6.54 Å². The summed E-state index contributed by atoms with van der Waals surface area (Å²) in [7, 11) is 0. The smallest absolute Gasteiger partial charge is 0.270 e. The zero-order valence-corrected chi connectivity index (χ0v) is 15.4.